The van der Waals surface area contributed by atoms with Crippen molar-refractivity contribution in [2.45, 2.75) is 18.9 Å². The highest BCUT2D eigenvalue weighted by molar-refractivity contribution is 7.17. The molecule has 1 aliphatic carbocycles. The van der Waals surface area contributed by atoms with Crippen LogP contribution in [0.25, 0.3) is 10.2 Å². The molecule has 1 N–H and O–H groups in total. The topological polar surface area (TPSA) is 24.9 Å². The molecule has 2 heterocycles. The van der Waals surface area contributed by atoms with Gasteiger partial charge in [-0.3, -0.25) is 4.98 Å². The van der Waals surface area contributed by atoms with E-state index < -0.39 is 0 Å². The fraction of sp³-hybridized carbons (Fsp3) is 0.417. The molecule has 15 heavy (non-hydrogen) atoms. The molecule has 1 aliphatic rings. The predicted molar refractivity (Wildman–Crippen MR) is 64.1 cm³/mol. The van der Waals surface area contributed by atoms with E-state index in [2.05, 4.69) is 27.8 Å². The zero-order chi connectivity index (χ0) is 10.3. The molecule has 2 nitrogen and oxygen atoms in total. The van der Waals surface area contributed by atoms with Crippen molar-refractivity contribution in [2.24, 2.45) is 5.92 Å². The summed E-state index contributed by atoms with van der Waals surface area (Å²) in [6.07, 6.45) is 4.73. The minimum Gasteiger partial charge on any atom is -0.313 e. The Morgan fingerprint density at radius 1 is 1.53 bits per heavy atom. The van der Waals surface area contributed by atoms with Gasteiger partial charge < -0.3 is 5.32 Å². The van der Waals surface area contributed by atoms with E-state index in [4.69, 9.17) is 0 Å². The third-order valence-electron chi connectivity index (χ3n) is 3.09. The Labute approximate surface area is 93.3 Å². The van der Waals surface area contributed by atoms with Gasteiger partial charge in [0, 0.05) is 12.2 Å². The van der Waals surface area contributed by atoms with Gasteiger partial charge in [0.2, 0.25) is 0 Å². The summed E-state index contributed by atoms with van der Waals surface area (Å²) in [6.45, 7) is 0. The molecule has 0 saturated heterocycles. The van der Waals surface area contributed by atoms with Crippen LogP contribution in [0.5, 0.6) is 0 Å². The van der Waals surface area contributed by atoms with Gasteiger partial charge in [-0.2, -0.15) is 0 Å². The lowest BCUT2D eigenvalue weighted by Crippen LogP contribution is -2.18. The summed E-state index contributed by atoms with van der Waals surface area (Å²) >= 11 is 1.77. The second-order valence-corrected chi connectivity index (χ2v) is 5.12. The second-order valence-electron chi connectivity index (χ2n) is 4.18. The van der Waals surface area contributed by atoms with Gasteiger partial charge >= 0.3 is 0 Å². The Kier molecular flexibility index (Phi) is 2.22. The van der Waals surface area contributed by atoms with E-state index in [1.54, 1.807) is 11.3 Å². The van der Waals surface area contributed by atoms with Gasteiger partial charge in [0.25, 0.3) is 0 Å². The van der Waals surface area contributed by atoms with Crippen molar-refractivity contribution in [3.63, 3.8) is 0 Å². The molecule has 0 amide bonds. The third-order valence-corrected chi connectivity index (χ3v) is 3.94. The summed E-state index contributed by atoms with van der Waals surface area (Å²) in [5, 5.41) is 5.51. The maximum Gasteiger partial charge on any atom is 0.0809 e. The monoisotopic (exact) mass is 218 g/mol. The van der Waals surface area contributed by atoms with Gasteiger partial charge in [0.15, 0.2) is 0 Å². The van der Waals surface area contributed by atoms with Gasteiger partial charge in [0.1, 0.15) is 0 Å². The molecule has 2 aromatic rings. The van der Waals surface area contributed by atoms with E-state index in [1.165, 1.54) is 23.1 Å². The number of rotatable bonds is 3. The van der Waals surface area contributed by atoms with Crippen LogP contribution in [0.1, 0.15) is 24.4 Å². The molecule has 0 radical (unpaired) electrons. The van der Waals surface area contributed by atoms with E-state index in [0.717, 1.165) is 11.4 Å². The molecule has 3 rings (SSSR count). The average molecular weight is 218 g/mol. The van der Waals surface area contributed by atoms with Crippen LogP contribution >= 0.6 is 11.3 Å². The highest BCUT2D eigenvalue weighted by Crippen LogP contribution is 2.41. The van der Waals surface area contributed by atoms with Crippen LogP contribution in [0.2, 0.25) is 0 Å². The summed E-state index contributed by atoms with van der Waals surface area (Å²) in [5.74, 6) is 0.828. The summed E-state index contributed by atoms with van der Waals surface area (Å²) in [4.78, 5) is 4.49. The molecular formula is C12H14N2S. The molecule has 1 saturated carbocycles. The molecule has 1 unspecified atom stereocenters. The number of thiophene rings is 1. The smallest absolute Gasteiger partial charge is 0.0809 e. The lowest BCUT2D eigenvalue weighted by Gasteiger charge is -2.15. The Bertz CT molecular complexity index is 473. The number of pyridine rings is 1. The zero-order valence-corrected chi connectivity index (χ0v) is 9.55. The van der Waals surface area contributed by atoms with Crippen LogP contribution in [0, 0.1) is 5.92 Å². The van der Waals surface area contributed by atoms with Crippen molar-refractivity contribution in [3.05, 3.63) is 29.3 Å². The molecule has 1 fully saturated rings. The molecule has 1 atom stereocenters. The first kappa shape index (κ1) is 9.31. The van der Waals surface area contributed by atoms with Crippen LogP contribution in [-0.2, 0) is 0 Å². The third kappa shape index (κ3) is 1.66. The van der Waals surface area contributed by atoms with Crippen molar-refractivity contribution >= 4 is 21.6 Å². The van der Waals surface area contributed by atoms with E-state index >= 15 is 0 Å². The quantitative estimate of drug-likeness (QED) is 0.856. The molecular weight excluding hydrogens is 204 g/mol. The van der Waals surface area contributed by atoms with Gasteiger partial charge in [0.05, 0.1) is 10.2 Å². The van der Waals surface area contributed by atoms with E-state index in [1.807, 2.05) is 13.2 Å². The molecule has 78 valence electrons. The van der Waals surface area contributed by atoms with Crippen LogP contribution < -0.4 is 5.32 Å². The van der Waals surface area contributed by atoms with Crippen molar-refractivity contribution in [3.8, 4) is 0 Å². The fourth-order valence-electron chi connectivity index (χ4n) is 2.14. The van der Waals surface area contributed by atoms with E-state index in [9.17, 15) is 0 Å². The normalized spacial score (nSPS) is 18.2. The Balaban J connectivity index is 2.01. The van der Waals surface area contributed by atoms with Crippen molar-refractivity contribution < 1.29 is 0 Å². The van der Waals surface area contributed by atoms with Crippen LogP contribution in [0.15, 0.2) is 23.7 Å². The number of aromatic nitrogens is 1. The lowest BCUT2D eigenvalue weighted by atomic mass is 10.0. The first-order chi connectivity index (χ1) is 7.38. The number of fused-ring (bicyclic) bond motifs is 1. The van der Waals surface area contributed by atoms with Crippen LogP contribution in [0.4, 0.5) is 0 Å². The summed E-state index contributed by atoms with van der Waals surface area (Å²) in [6, 6.07) is 4.87. The number of nitrogens with one attached hydrogen (secondary N) is 1. The Morgan fingerprint density at radius 3 is 3.13 bits per heavy atom. The molecule has 3 heteroatoms. The standard InChI is InChI=1S/C12H14N2S/c1-13-12(8-2-3-8)9-6-11-10(14-7-9)4-5-15-11/h4-8,12-13H,2-3H2,1H3. The number of hydrogen-bond donors (Lipinski definition) is 1. The molecule has 0 spiro atoms. The predicted octanol–water partition coefficient (Wildman–Crippen LogP) is 2.97. The minimum atomic E-state index is 0.504. The zero-order valence-electron chi connectivity index (χ0n) is 8.73. The van der Waals surface area contributed by atoms with E-state index in [-0.39, 0.29) is 0 Å². The minimum absolute atomic E-state index is 0.504. The molecule has 0 bridgehead atoms. The maximum absolute atomic E-state index is 4.49. The second kappa shape index (κ2) is 3.58. The Morgan fingerprint density at radius 2 is 2.40 bits per heavy atom. The molecule has 0 aliphatic heterocycles. The Hall–Kier alpha value is -0.930. The fourth-order valence-corrected chi connectivity index (χ4v) is 2.92. The lowest BCUT2D eigenvalue weighted by molar-refractivity contribution is 0.528. The molecule has 0 aromatic carbocycles. The summed E-state index contributed by atoms with van der Waals surface area (Å²) in [5.41, 5.74) is 2.46. The van der Waals surface area contributed by atoms with Crippen molar-refractivity contribution in [2.75, 3.05) is 7.05 Å². The van der Waals surface area contributed by atoms with Crippen molar-refractivity contribution in [1.29, 1.82) is 0 Å². The van der Waals surface area contributed by atoms with Gasteiger partial charge in [-0.05, 0) is 48.9 Å². The van der Waals surface area contributed by atoms with Gasteiger partial charge in [-0.1, -0.05) is 0 Å². The highest BCUT2D eigenvalue weighted by atomic mass is 32.1. The maximum atomic E-state index is 4.49. The highest BCUT2D eigenvalue weighted by Gasteiger charge is 2.31. The number of nitrogens with zero attached hydrogens (tertiary/aromatic N) is 1. The molecule has 2 aromatic heterocycles. The largest absolute Gasteiger partial charge is 0.313 e. The van der Waals surface area contributed by atoms with Gasteiger partial charge in [-0.25, -0.2) is 0 Å². The summed E-state index contributed by atoms with van der Waals surface area (Å²) < 4.78 is 1.30. The SMILES string of the molecule is CNC(c1cnc2ccsc2c1)C1CC1. The summed E-state index contributed by atoms with van der Waals surface area (Å²) in [7, 11) is 2.04. The average Bonchev–Trinajstić information content (AvgIpc) is 2.97. The number of hydrogen-bond acceptors (Lipinski definition) is 3. The van der Waals surface area contributed by atoms with E-state index in [0.29, 0.717) is 6.04 Å². The van der Waals surface area contributed by atoms with Crippen molar-refractivity contribution in [1.82, 2.24) is 10.3 Å². The first-order valence-corrected chi connectivity index (χ1v) is 6.27. The van der Waals surface area contributed by atoms with Gasteiger partial charge in [-0.15, -0.1) is 11.3 Å². The first-order valence-electron chi connectivity index (χ1n) is 5.39. The van der Waals surface area contributed by atoms with Crippen LogP contribution in [-0.4, -0.2) is 12.0 Å². The van der Waals surface area contributed by atoms with Crippen LogP contribution in [0.3, 0.4) is 0 Å².